The van der Waals surface area contributed by atoms with Crippen LogP contribution in [0.5, 0.6) is 0 Å². The zero-order valence-corrected chi connectivity index (χ0v) is 38.9. The molecule has 0 radical (unpaired) electrons. The van der Waals surface area contributed by atoms with Crippen molar-refractivity contribution < 1.29 is 63.7 Å². The Morgan fingerprint density at radius 3 is 1.42 bits per heavy atom. The lowest BCUT2D eigenvalue weighted by Crippen LogP contribution is -2.53. The van der Waals surface area contributed by atoms with Crippen molar-refractivity contribution in [2.24, 2.45) is 17.7 Å². The summed E-state index contributed by atoms with van der Waals surface area (Å²) in [5.74, 6) is -15.3. The third-order valence-electron chi connectivity index (χ3n) is 10.2. The fourth-order valence-corrected chi connectivity index (χ4v) is 6.87. The van der Waals surface area contributed by atoms with Crippen molar-refractivity contribution in [3.05, 3.63) is 88.4 Å². The van der Waals surface area contributed by atoms with Crippen LogP contribution in [0.3, 0.4) is 0 Å². The summed E-state index contributed by atoms with van der Waals surface area (Å²) in [6.45, 7) is -13.1. The molecular weight excluding hydrogens is 913 g/mol. The number of anilines is 3. The Kier molecular flexibility index (Phi) is 7.23. The number of nitrogens with one attached hydrogen (secondary N) is 3. The molecule has 72 heavy (non-hydrogen) atoms. The van der Waals surface area contributed by atoms with E-state index in [4.69, 9.17) is 67.7 Å². The Balaban J connectivity index is 0.000000226. The maximum Gasteiger partial charge on any atom is 0.302 e. The number of rotatable bonds is 9. The molecule has 0 spiro atoms. The van der Waals surface area contributed by atoms with E-state index in [1.165, 1.54) is 20.9 Å². The molecule has 3 N–H and O–H groups in total. The molecule has 9 heterocycles. The van der Waals surface area contributed by atoms with Gasteiger partial charge < -0.3 is 58.9 Å². The van der Waals surface area contributed by atoms with Crippen LogP contribution in [-0.4, -0.2) is 175 Å². The summed E-state index contributed by atoms with van der Waals surface area (Å²) in [4.78, 5) is 79.6. The highest BCUT2D eigenvalue weighted by molar-refractivity contribution is 5.90. The van der Waals surface area contributed by atoms with Crippen LogP contribution >= 0.6 is 0 Å². The summed E-state index contributed by atoms with van der Waals surface area (Å²) in [6.07, 6.45) is -7.61. The second kappa shape index (κ2) is 22.9. The smallest absolute Gasteiger partial charge is 0.302 e. The summed E-state index contributed by atoms with van der Waals surface area (Å²) in [5, 5.41) is -0.0342. The Labute approximate surface area is 471 Å². The molecule has 3 aliphatic heterocycles. The molecule has 0 unspecified atom stereocenters. The first-order valence-corrected chi connectivity index (χ1v) is 20.7. The van der Waals surface area contributed by atoms with Crippen LogP contribution in [0.15, 0.2) is 37.1 Å². The highest BCUT2D eigenvalue weighted by Crippen LogP contribution is 2.32. The average Bonchev–Trinajstić information content (AvgIpc) is 0.693. The number of amides is 3. The third-order valence-corrected chi connectivity index (χ3v) is 10.2. The van der Waals surface area contributed by atoms with Gasteiger partial charge in [-0.1, -0.05) is 20.6 Å². The number of aromatic nitrogens is 9. The predicted molar refractivity (Wildman–Crippen MR) is 278 cm³/mol. The van der Waals surface area contributed by atoms with Crippen molar-refractivity contribution in [1.82, 2.24) is 59.6 Å². The lowest BCUT2D eigenvalue weighted by atomic mass is 9.92. The molecule has 0 aromatic carbocycles. The maximum atomic E-state index is 13.0. The number of likely N-dealkylation sites (tertiary alicyclic amines) is 3. The van der Waals surface area contributed by atoms with Crippen molar-refractivity contribution in [2.45, 2.75) is 78.6 Å². The van der Waals surface area contributed by atoms with E-state index in [1.807, 2.05) is 0 Å². The van der Waals surface area contributed by atoms with E-state index in [0.717, 1.165) is 49.8 Å². The highest BCUT2D eigenvalue weighted by atomic mass is 16.2. The van der Waals surface area contributed by atoms with Gasteiger partial charge in [-0.15, -0.1) is 0 Å². The normalized spacial score (nSPS) is 38.5. The fraction of sp³-hybridized carbons (Fsp3) is 0.529. The van der Waals surface area contributed by atoms with Gasteiger partial charge in [0.1, 0.15) is 61.6 Å². The van der Waals surface area contributed by atoms with Gasteiger partial charge >= 0.3 is 17.7 Å². The average molecular weight is 1020 g/mol. The molecule has 21 nitrogen and oxygen atoms in total. The van der Waals surface area contributed by atoms with Crippen LogP contribution < -0.4 is 14.7 Å². The topological polar surface area (TPSA) is 208 Å². The first-order chi connectivity index (χ1) is 48.4. The molecule has 9 rings (SSSR count). The molecule has 3 saturated heterocycles. The number of carbonyl (C=O) groups excluding carboxylic acids is 3. The number of nitrogens with zero attached hydrogens (tertiary/aromatic N) is 15. The molecule has 378 valence electrons. The molecule has 3 aliphatic rings. The van der Waals surface area contributed by atoms with Crippen LogP contribution in [0.2, 0.25) is 0 Å². The number of aromatic amines is 3. The van der Waals surface area contributed by atoms with Gasteiger partial charge in [0, 0.05) is 103 Å². The number of hydrogen-bond acceptors (Lipinski definition) is 12. The third kappa shape index (κ3) is 11.5. The summed E-state index contributed by atoms with van der Waals surface area (Å²) < 4.78 is 299. The van der Waals surface area contributed by atoms with Crippen LogP contribution in [-0.2, 0) is 14.4 Å². The molecule has 6 aromatic heterocycles. The molecule has 6 aromatic rings. The molecule has 0 aliphatic carbocycles. The van der Waals surface area contributed by atoms with Gasteiger partial charge in [-0.2, -0.15) is 0 Å². The number of aryl methyl sites for hydroxylation is 3. The predicted octanol–water partition coefficient (Wildman–Crippen LogP) is 5.58. The lowest BCUT2D eigenvalue weighted by Gasteiger charge is -2.41. The number of fused-ring (bicyclic) bond motifs is 3. The van der Waals surface area contributed by atoms with Crippen molar-refractivity contribution in [2.75, 3.05) is 94.3 Å². The Bertz CT molecular complexity index is 4730. The number of piperidine rings is 3. The van der Waals surface area contributed by atoms with Gasteiger partial charge in [0.2, 0.25) is 0 Å². The largest absolute Gasteiger partial charge is 0.354 e. The maximum absolute atomic E-state index is 13.0. The van der Waals surface area contributed by atoms with E-state index >= 15 is 0 Å². The zero-order valence-electron chi connectivity index (χ0n) is 74.9. The van der Waals surface area contributed by atoms with Crippen molar-refractivity contribution in [3.8, 4) is 0 Å². The summed E-state index contributed by atoms with van der Waals surface area (Å²) in [6, 6.07) is -9.20. The van der Waals surface area contributed by atoms with Crippen molar-refractivity contribution >= 4 is 68.3 Å². The van der Waals surface area contributed by atoms with E-state index in [0.29, 0.717) is 16.3 Å². The minimum Gasteiger partial charge on any atom is -0.354 e. The van der Waals surface area contributed by atoms with Gasteiger partial charge in [0.05, 0.1) is 49.3 Å². The van der Waals surface area contributed by atoms with Crippen molar-refractivity contribution in [3.63, 3.8) is 0 Å². The SMILES string of the molecule is [2H]c1c(C)[nH]c2ncnc(N(C)[C@H]3C([2H])([2H])N(C(=O)C([2H])([2H])[N+]#[C-])C([2H])([2H])C([2H])([2H])[C@@]3([2H])C([2H])([2H])[2H])c12.[2H]c1c(C)[nH]c2ncnc(N(C)[C@]3([2H])[C@H](C([2H])([2H])[2H])C([2H])([2H])C([2H])([2H])N(C(=O)C([2H])([2H])[N+]#[C-])C3([2H])[2H])c12.[2H]c1c(C)[nH]c2ncnc(N(C)[C@]3([2H])[C@H](C)C([2H])([2H])C([2H])([2H])N(C(=O)C([2H])([2H])[N+]#[C-])C3([2H])[2H])c12. The first kappa shape index (κ1) is 22.7. The Hall–Kier alpha value is -7.86. The van der Waals surface area contributed by atoms with Crippen LogP contribution in [0.25, 0.3) is 47.6 Å². The monoisotopic (exact) mass is 1010 g/mol. The second-order valence-electron chi connectivity index (χ2n) is 15.1. The second-order valence-corrected chi connectivity index (χ2v) is 15.1. The van der Waals surface area contributed by atoms with Gasteiger partial charge in [-0.25, -0.2) is 49.6 Å². The molecule has 3 fully saturated rings. The summed E-state index contributed by atoms with van der Waals surface area (Å²) in [7, 11) is 3.19. The standard InChI is InChI=1S/3C17H22N6O/c3*1-11-5-6-23(15(24)8-18-3)9-14(11)22(4)17-13-7-12(2)21-16(13)19-10-20-17/h3*7,10-11,14H,5-6,8-9H2,1-2,4H3,(H,19,20,21)/t3*11-,14+/m111/s1/i1D3,5D2,6D2,7D,8D2,9D2,14D;1D3,5D2,6D2,7D,8D2,9D2,11D;5D2,6D2,7D,8D2,9D2,14D. The number of likely N-dealkylation sites (N-methyl/N-ethyl adjacent to an activating group) is 3. The van der Waals surface area contributed by atoms with Crippen LogP contribution in [0.4, 0.5) is 17.5 Å². The van der Waals surface area contributed by atoms with E-state index in [9.17, 15) is 15.8 Å². The molecule has 0 saturated carbocycles. The molecule has 3 amide bonds. The van der Waals surface area contributed by atoms with E-state index in [2.05, 4.69) is 59.4 Å². The highest BCUT2D eigenvalue weighted by Gasteiger charge is 2.36. The first-order valence-electron chi connectivity index (χ1n) is 38.7. The number of hydrogen-bond donors (Lipinski definition) is 3. The minimum atomic E-state index is -3.91. The zero-order chi connectivity index (χ0) is 83.7. The van der Waals surface area contributed by atoms with E-state index < -0.39 is 160 Å². The number of H-pyrrole nitrogens is 3. The van der Waals surface area contributed by atoms with Gasteiger partial charge in [-0.3, -0.25) is 14.4 Å². The van der Waals surface area contributed by atoms with Gasteiger partial charge in [-0.05, 0) is 75.7 Å². The lowest BCUT2D eigenvalue weighted by molar-refractivity contribution is -0.131. The minimum absolute atomic E-state index is 0.0466. The molecule has 6 atom stereocenters. The van der Waals surface area contributed by atoms with Crippen molar-refractivity contribution in [1.29, 1.82) is 0 Å². The van der Waals surface area contributed by atoms with Gasteiger partial charge in [0.15, 0.2) is 0 Å². The Morgan fingerprint density at radius 1 is 0.639 bits per heavy atom. The molecule has 21 heteroatoms. The quantitative estimate of drug-likeness (QED) is 0.152. The molecular formula is C51H66N18O3. The van der Waals surface area contributed by atoms with Crippen LogP contribution in [0.1, 0.15) is 106 Å². The van der Waals surface area contributed by atoms with Crippen LogP contribution in [0, 0.1) is 58.2 Å². The summed E-state index contributed by atoms with van der Waals surface area (Å²) >= 11 is 0. The summed E-state index contributed by atoms with van der Waals surface area (Å²) in [5.41, 5.74) is 1.33. The van der Waals surface area contributed by atoms with E-state index in [1.54, 1.807) is 6.92 Å². The van der Waals surface area contributed by atoms with E-state index in [-0.39, 0.29) is 73.5 Å². The fourth-order valence-electron chi connectivity index (χ4n) is 6.87. The Morgan fingerprint density at radius 2 is 1.01 bits per heavy atom. The molecule has 0 bridgehead atoms. The van der Waals surface area contributed by atoms with Gasteiger partial charge in [0.25, 0.3) is 19.5 Å². The number of carbonyl (C=O) groups is 3.